The highest BCUT2D eigenvalue weighted by Crippen LogP contribution is 2.16. The van der Waals surface area contributed by atoms with Gasteiger partial charge in [-0.2, -0.15) is 4.31 Å². The van der Waals surface area contributed by atoms with E-state index in [1.807, 2.05) is 42.5 Å². The van der Waals surface area contributed by atoms with Crippen LogP contribution in [-0.2, 0) is 33.6 Å². The highest BCUT2D eigenvalue weighted by molar-refractivity contribution is 7.88. The molecule has 0 saturated carbocycles. The van der Waals surface area contributed by atoms with Crippen LogP contribution >= 0.6 is 0 Å². The lowest BCUT2D eigenvalue weighted by Crippen LogP contribution is -2.41. The largest absolute Gasteiger partial charge is 0.379 e. The van der Waals surface area contributed by atoms with Crippen LogP contribution in [0.2, 0.25) is 0 Å². The molecule has 6 heteroatoms. The number of ether oxygens (including phenoxy) is 1. The molecule has 3 rings (SSSR count). The third kappa shape index (κ3) is 5.12. The summed E-state index contributed by atoms with van der Waals surface area (Å²) in [6.45, 7) is 3.22. The topological polar surface area (TPSA) is 58.6 Å². The molecule has 2 aromatic rings. The highest BCUT2D eigenvalue weighted by atomic mass is 32.2. The Hall–Kier alpha value is -1.73. The number of benzene rings is 2. The zero-order chi connectivity index (χ0) is 17.5. The quantitative estimate of drug-likeness (QED) is 0.822. The van der Waals surface area contributed by atoms with E-state index in [0.29, 0.717) is 32.8 Å². The van der Waals surface area contributed by atoms with Crippen LogP contribution in [0.25, 0.3) is 0 Å². The molecule has 1 aliphatic heterocycles. The van der Waals surface area contributed by atoms with Crippen LogP contribution < -0.4 is 5.32 Å². The third-order valence-corrected chi connectivity index (χ3v) is 6.13. The fourth-order valence-electron chi connectivity index (χ4n) is 2.92. The van der Waals surface area contributed by atoms with Crippen molar-refractivity contribution in [2.24, 2.45) is 0 Å². The third-order valence-electron chi connectivity index (χ3n) is 4.31. The second-order valence-electron chi connectivity index (χ2n) is 6.13. The number of hydrogen-bond donors (Lipinski definition) is 1. The van der Waals surface area contributed by atoms with E-state index in [2.05, 4.69) is 17.4 Å². The predicted molar refractivity (Wildman–Crippen MR) is 98.4 cm³/mol. The molecule has 0 spiro atoms. The smallest absolute Gasteiger partial charge is 0.218 e. The molecule has 1 fully saturated rings. The number of rotatable bonds is 7. The van der Waals surface area contributed by atoms with E-state index in [9.17, 15) is 8.42 Å². The maximum atomic E-state index is 12.7. The van der Waals surface area contributed by atoms with Crippen LogP contribution in [0.1, 0.15) is 16.7 Å². The predicted octanol–water partition coefficient (Wildman–Crippen LogP) is 2.14. The number of hydrogen-bond acceptors (Lipinski definition) is 4. The van der Waals surface area contributed by atoms with Crippen molar-refractivity contribution in [1.82, 2.24) is 9.62 Å². The van der Waals surface area contributed by atoms with E-state index in [4.69, 9.17) is 4.74 Å². The van der Waals surface area contributed by atoms with Gasteiger partial charge in [0.05, 0.1) is 19.0 Å². The van der Waals surface area contributed by atoms with Crippen LogP contribution in [-0.4, -0.2) is 39.0 Å². The average molecular weight is 360 g/mol. The standard InChI is InChI=1S/C19H24N2O3S/c22-25(23,21-10-12-24-13-11-21)16-19-9-5-4-8-18(19)15-20-14-17-6-2-1-3-7-17/h1-9,20H,10-16H2. The van der Waals surface area contributed by atoms with Gasteiger partial charge >= 0.3 is 0 Å². The van der Waals surface area contributed by atoms with Gasteiger partial charge in [-0.1, -0.05) is 54.6 Å². The van der Waals surface area contributed by atoms with E-state index in [-0.39, 0.29) is 5.75 Å². The molecule has 134 valence electrons. The number of nitrogens with zero attached hydrogens (tertiary/aromatic N) is 1. The molecule has 1 heterocycles. The molecule has 0 bridgehead atoms. The monoisotopic (exact) mass is 360 g/mol. The Bertz CT molecular complexity index is 772. The molecule has 0 radical (unpaired) electrons. The molecule has 1 N–H and O–H groups in total. The Morgan fingerprint density at radius 3 is 2.24 bits per heavy atom. The molecule has 0 atom stereocenters. The Labute approximate surface area is 149 Å². The molecular weight excluding hydrogens is 336 g/mol. The minimum Gasteiger partial charge on any atom is -0.379 e. The van der Waals surface area contributed by atoms with E-state index in [1.54, 1.807) is 0 Å². The van der Waals surface area contributed by atoms with Gasteiger partial charge in [0, 0.05) is 26.2 Å². The Balaban J connectivity index is 1.64. The number of nitrogens with one attached hydrogen (secondary N) is 1. The van der Waals surface area contributed by atoms with Crippen molar-refractivity contribution in [1.29, 1.82) is 0 Å². The van der Waals surface area contributed by atoms with Crippen molar-refractivity contribution in [3.8, 4) is 0 Å². The van der Waals surface area contributed by atoms with E-state index < -0.39 is 10.0 Å². The van der Waals surface area contributed by atoms with Gasteiger partial charge in [-0.15, -0.1) is 0 Å². The zero-order valence-electron chi connectivity index (χ0n) is 14.2. The summed E-state index contributed by atoms with van der Waals surface area (Å²) in [5.74, 6) is 0.0379. The van der Waals surface area contributed by atoms with Gasteiger partial charge in [-0.25, -0.2) is 8.42 Å². The van der Waals surface area contributed by atoms with Gasteiger partial charge in [0.2, 0.25) is 10.0 Å². The molecule has 0 unspecified atom stereocenters. The van der Waals surface area contributed by atoms with E-state index >= 15 is 0 Å². The zero-order valence-corrected chi connectivity index (χ0v) is 15.0. The van der Waals surface area contributed by atoms with Crippen molar-refractivity contribution >= 4 is 10.0 Å². The van der Waals surface area contributed by atoms with Crippen molar-refractivity contribution in [3.05, 3.63) is 71.3 Å². The minimum absolute atomic E-state index is 0.0379. The van der Waals surface area contributed by atoms with Crippen molar-refractivity contribution in [3.63, 3.8) is 0 Å². The Morgan fingerprint density at radius 1 is 0.880 bits per heavy atom. The van der Waals surface area contributed by atoms with Crippen molar-refractivity contribution in [2.45, 2.75) is 18.8 Å². The molecule has 2 aromatic carbocycles. The lowest BCUT2D eigenvalue weighted by Gasteiger charge is -2.26. The lowest BCUT2D eigenvalue weighted by molar-refractivity contribution is 0.0729. The molecule has 1 saturated heterocycles. The maximum Gasteiger partial charge on any atom is 0.218 e. The first-order chi connectivity index (χ1) is 12.1. The summed E-state index contributed by atoms with van der Waals surface area (Å²) in [5.41, 5.74) is 3.09. The number of morpholine rings is 1. The van der Waals surface area contributed by atoms with Gasteiger partial charge in [0.1, 0.15) is 0 Å². The fourth-order valence-corrected chi connectivity index (χ4v) is 4.48. The highest BCUT2D eigenvalue weighted by Gasteiger charge is 2.25. The van der Waals surface area contributed by atoms with Crippen molar-refractivity contribution < 1.29 is 13.2 Å². The van der Waals surface area contributed by atoms with Crippen LogP contribution in [0.15, 0.2) is 54.6 Å². The summed E-state index contributed by atoms with van der Waals surface area (Å²) in [7, 11) is -3.31. The Kier molecular flexibility index (Phi) is 6.20. The SMILES string of the molecule is O=S(=O)(Cc1ccccc1CNCc1ccccc1)N1CCOCC1. The second-order valence-corrected chi connectivity index (χ2v) is 8.09. The van der Waals surface area contributed by atoms with Gasteiger partial charge in [-0.3, -0.25) is 0 Å². The minimum atomic E-state index is -3.31. The maximum absolute atomic E-state index is 12.7. The van der Waals surface area contributed by atoms with E-state index in [0.717, 1.165) is 17.7 Å². The molecule has 0 aliphatic carbocycles. The van der Waals surface area contributed by atoms with Gasteiger partial charge in [0.25, 0.3) is 0 Å². The first-order valence-electron chi connectivity index (χ1n) is 8.52. The summed E-state index contributed by atoms with van der Waals surface area (Å²) in [6.07, 6.45) is 0. The normalized spacial score (nSPS) is 16.0. The molecular formula is C19H24N2O3S. The number of sulfonamides is 1. The molecule has 1 aliphatic rings. The van der Waals surface area contributed by atoms with Gasteiger partial charge in [-0.05, 0) is 16.7 Å². The van der Waals surface area contributed by atoms with Crippen LogP contribution in [0.3, 0.4) is 0 Å². The second kappa shape index (κ2) is 8.58. The van der Waals surface area contributed by atoms with Crippen LogP contribution in [0.5, 0.6) is 0 Å². The van der Waals surface area contributed by atoms with Gasteiger partial charge in [0.15, 0.2) is 0 Å². The van der Waals surface area contributed by atoms with Crippen LogP contribution in [0, 0.1) is 0 Å². The first-order valence-corrected chi connectivity index (χ1v) is 10.1. The fraction of sp³-hybridized carbons (Fsp3) is 0.368. The average Bonchev–Trinajstić information content (AvgIpc) is 2.64. The molecule has 0 amide bonds. The first kappa shape index (κ1) is 18.1. The van der Waals surface area contributed by atoms with Gasteiger partial charge < -0.3 is 10.1 Å². The molecule has 0 aromatic heterocycles. The summed E-state index contributed by atoms with van der Waals surface area (Å²) in [4.78, 5) is 0. The summed E-state index contributed by atoms with van der Waals surface area (Å²) >= 11 is 0. The van der Waals surface area contributed by atoms with E-state index in [1.165, 1.54) is 9.87 Å². The molecule has 5 nitrogen and oxygen atoms in total. The summed E-state index contributed by atoms with van der Waals surface area (Å²) < 4.78 is 32.1. The van der Waals surface area contributed by atoms with Crippen molar-refractivity contribution in [2.75, 3.05) is 26.3 Å². The molecule has 25 heavy (non-hydrogen) atoms. The lowest BCUT2D eigenvalue weighted by atomic mass is 10.1. The Morgan fingerprint density at radius 2 is 1.52 bits per heavy atom. The summed E-state index contributed by atoms with van der Waals surface area (Å²) in [5, 5.41) is 3.40. The summed E-state index contributed by atoms with van der Waals surface area (Å²) in [6, 6.07) is 17.9. The van der Waals surface area contributed by atoms with Crippen LogP contribution in [0.4, 0.5) is 0 Å².